The predicted octanol–water partition coefficient (Wildman–Crippen LogP) is 1.38. The average molecular weight is 278 g/mol. The Morgan fingerprint density at radius 3 is 2.50 bits per heavy atom. The van der Waals surface area contributed by atoms with E-state index in [1.807, 2.05) is 24.2 Å². The molecule has 2 heterocycles. The fraction of sp³-hybridized carbons (Fsp3) is 0.733. The number of hydrogen-bond acceptors (Lipinski definition) is 3. The van der Waals surface area contributed by atoms with E-state index in [2.05, 4.69) is 28.3 Å². The van der Waals surface area contributed by atoms with E-state index in [0.29, 0.717) is 18.2 Å². The number of hydrogen-bond donors (Lipinski definition) is 0. The van der Waals surface area contributed by atoms with Gasteiger partial charge in [0.05, 0.1) is 0 Å². The van der Waals surface area contributed by atoms with Crippen molar-refractivity contribution in [3.63, 3.8) is 0 Å². The van der Waals surface area contributed by atoms with Gasteiger partial charge >= 0.3 is 0 Å². The standard InChI is InChI=1S/C15H26N4O/c1-13(2)12-15(20)19-10-7-17(8-11-19)6-9-18-5-4-16-14(18)3/h4-5,13H,6-12H2,1-3H3. The predicted molar refractivity (Wildman–Crippen MR) is 79.4 cm³/mol. The summed E-state index contributed by atoms with van der Waals surface area (Å²) >= 11 is 0. The Morgan fingerprint density at radius 1 is 1.25 bits per heavy atom. The van der Waals surface area contributed by atoms with E-state index in [4.69, 9.17) is 0 Å². The van der Waals surface area contributed by atoms with E-state index in [-0.39, 0.29) is 0 Å². The smallest absolute Gasteiger partial charge is 0.222 e. The lowest BCUT2D eigenvalue weighted by Crippen LogP contribution is -2.49. The minimum absolute atomic E-state index is 0.310. The quantitative estimate of drug-likeness (QED) is 0.817. The van der Waals surface area contributed by atoms with Gasteiger partial charge in [-0.1, -0.05) is 13.8 Å². The van der Waals surface area contributed by atoms with Crippen molar-refractivity contribution in [2.24, 2.45) is 5.92 Å². The summed E-state index contributed by atoms with van der Waals surface area (Å²) in [6.45, 7) is 11.9. The molecule has 20 heavy (non-hydrogen) atoms. The summed E-state index contributed by atoms with van der Waals surface area (Å²) in [6.07, 6.45) is 4.55. The van der Waals surface area contributed by atoms with Crippen LogP contribution < -0.4 is 0 Å². The van der Waals surface area contributed by atoms with Crippen LogP contribution in [0.2, 0.25) is 0 Å². The van der Waals surface area contributed by atoms with E-state index in [1.54, 1.807) is 0 Å². The van der Waals surface area contributed by atoms with Gasteiger partial charge in [-0.2, -0.15) is 0 Å². The van der Waals surface area contributed by atoms with Gasteiger partial charge in [0.25, 0.3) is 0 Å². The summed E-state index contributed by atoms with van der Waals surface area (Å²) in [5.74, 6) is 1.82. The van der Waals surface area contributed by atoms with Crippen molar-refractivity contribution in [2.45, 2.75) is 33.7 Å². The summed E-state index contributed by atoms with van der Waals surface area (Å²) in [5, 5.41) is 0. The van der Waals surface area contributed by atoms with Gasteiger partial charge in [0.1, 0.15) is 5.82 Å². The first-order valence-electron chi connectivity index (χ1n) is 7.54. The molecule has 112 valence electrons. The van der Waals surface area contributed by atoms with Crippen molar-refractivity contribution in [3.8, 4) is 0 Å². The highest BCUT2D eigenvalue weighted by molar-refractivity contribution is 5.76. The van der Waals surface area contributed by atoms with Gasteiger partial charge in [-0.3, -0.25) is 9.69 Å². The highest BCUT2D eigenvalue weighted by Crippen LogP contribution is 2.08. The van der Waals surface area contributed by atoms with Gasteiger partial charge in [-0.25, -0.2) is 4.98 Å². The summed E-state index contributed by atoms with van der Waals surface area (Å²) < 4.78 is 2.18. The number of imidazole rings is 1. The maximum absolute atomic E-state index is 12.0. The second kappa shape index (κ2) is 6.88. The molecule has 0 unspecified atom stereocenters. The molecule has 1 amide bonds. The van der Waals surface area contributed by atoms with Crippen LogP contribution >= 0.6 is 0 Å². The van der Waals surface area contributed by atoms with Crippen LogP contribution in [0.25, 0.3) is 0 Å². The van der Waals surface area contributed by atoms with E-state index < -0.39 is 0 Å². The zero-order valence-electron chi connectivity index (χ0n) is 12.9. The number of rotatable bonds is 5. The molecule has 0 aliphatic carbocycles. The normalized spacial score (nSPS) is 16.9. The minimum Gasteiger partial charge on any atom is -0.340 e. The van der Waals surface area contributed by atoms with Crippen LogP contribution in [0.4, 0.5) is 0 Å². The summed E-state index contributed by atoms with van der Waals surface area (Å²) in [6, 6.07) is 0. The average Bonchev–Trinajstić information content (AvgIpc) is 2.82. The Balaban J connectivity index is 1.72. The van der Waals surface area contributed by atoms with Crippen LogP contribution in [-0.4, -0.2) is 58.0 Å². The molecule has 0 aromatic carbocycles. The first-order chi connectivity index (χ1) is 9.56. The van der Waals surface area contributed by atoms with Crippen molar-refractivity contribution in [3.05, 3.63) is 18.2 Å². The third kappa shape index (κ3) is 4.07. The van der Waals surface area contributed by atoms with Gasteiger partial charge in [0.2, 0.25) is 5.91 Å². The Bertz CT molecular complexity index is 433. The van der Waals surface area contributed by atoms with Crippen LogP contribution in [0, 0.1) is 12.8 Å². The lowest BCUT2D eigenvalue weighted by atomic mass is 10.1. The van der Waals surface area contributed by atoms with Crippen molar-refractivity contribution in [1.29, 1.82) is 0 Å². The fourth-order valence-electron chi connectivity index (χ4n) is 2.59. The Kier molecular flexibility index (Phi) is 5.17. The van der Waals surface area contributed by atoms with E-state index in [9.17, 15) is 4.79 Å². The van der Waals surface area contributed by atoms with Gasteiger partial charge < -0.3 is 9.47 Å². The first-order valence-corrected chi connectivity index (χ1v) is 7.54. The highest BCUT2D eigenvalue weighted by atomic mass is 16.2. The molecule has 5 heteroatoms. The van der Waals surface area contributed by atoms with Crippen molar-refractivity contribution in [2.75, 3.05) is 32.7 Å². The number of carbonyl (C=O) groups excluding carboxylic acids is 1. The van der Waals surface area contributed by atoms with Crippen LogP contribution in [-0.2, 0) is 11.3 Å². The molecule has 0 spiro atoms. The molecule has 1 fully saturated rings. The number of amides is 1. The summed E-state index contributed by atoms with van der Waals surface area (Å²) in [7, 11) is 0. The van der Waals surface area contributed by atoms with Gasteiger partial charge in [-0.15, -0.1) is 0 Å². The molecule has 1 aromatic rings. The van der Waals surface area contributed by atoms with Crippen LogP contribution in [0.15, 0.2) is 12.4 Å². The van der Waals surface area contributed by atoms with E-state index >= 15 is 0 Å². The third-order valence-electron chi connectivity index (χ3n) is 3.89. The molecule has 1 saturated heterocycles. The Hall–Kier alpha value is -1.36. The maximum atomic E-state index is 12.0. The van der Waals surface area contributed by atoms with E-state index in [0.717, 1.165) is 45.1 Å². The minimum atomic E-state index is 0.310. The molecular formula is C15H26N4O. The number of piperazine rings is 1. The van der Waals surface area contributed by atoms with Gasteiger partial charge in [-0.05, 0) is 12.8 Å². The molecule has 0 N–H and O–H groups in total. The number of aromatic nitrogens is 2. The van der Waals surface area contributed by atoms with Crippen LogP contribution in [0.1, 0.15) is 26.1 Å². The van der Waals surface area contributed by atoms with Crippen molar-refractivity contribution < 1.29 is 4.79 Å². The van der Waals surface area contributed by atoms with Crippen LogP contribution in [0.5, 0.6) is 0 Å². The summed E-state index contributed by atoms with van der Waals surface area (Å²) in [5.41, 5.74) is 0. The largest absolute Gasteiger partial charge is 0.340 e. The summed E-state index contributed by atoms with van der Waals surface area (Å²) in [4.78, 5) is 20.7. The monoisotopic (exact) mass is 278 g/mol. The first kappa shape index (κ1) is 15.0. The number of aryl methyl sites for hydroxylation is 1. The second-order valence-electron chi connectivity index (χ2n) is 5.99. The van der Waals surface area contributed by atoms with E-state index in [1.165, 1.54) is 0 Å². The molecule has 0 radical (unpaired) electrons. The molecule has 1 aliphatic rings. The highest BCUT2D eigenvalue weighted by Gasteiger charge is 2.21. The van der Waals surface area contributed by atoms with Crippen LogP contribution in [0.3, 0.4) is 0 Å². The zero-order valence-corrected chi connectivity index (χ0v) is 12.9. The molecule has 0 saturated carbocycles. The number of nitrogens with zero attached hydrogens (tertiary/aromatic N) is 4. The third-order valence-corrected chi connectivity index (χ3v) is 3.89. The van der Waals surface area contributed by atoms with Gasteiger partial charge in [0.15, 0.2) is 0 Å². The molecule has 1 aliphatic heterocycles. The SMILES string of the molecule is Cc1nccn1CCN1CCN(C(=O)CC(C)C)CC1. The maximum Gasteiger partial charge on any atom is 0.222 e. The Morgan fingerprint density at radius 2 is 1.95 bits per heavy atom. The molecule has 1 aromatic heterocycles. The number of carbonyl (C=O) groups is 1. The molecule has 5 nitrogen and oxygen atoms in total. The zero-order chi connectivity index (χ0) is 14.5. The van der Waals surface area contributed by atoms with Gasteiger partial charge in [0, 0.05) is 58.1 Å². The topological polar surface area (TPSA) is 41.4 Å². The lowest BCUT2D eigenvalue weighted by Gasteiger charge is -2.35. The molecule has 2 rings (SSSR count). The molecule has 0 atom stereocenters. The second-order valence-corrected chi connectivity index (χ2v) is 5.99. The fourth-order valence-corrected chi connectivity index (χ4v) is 2.59. The molecular weight excluding hydrogens is 252 g/mol. The lowest BCUT2D eigenvalue weighted by molar-refractivity contribution is -0.133. The van der Waals surface area contributed by atoms with Crippen molar-refractivity contribution in [1.82, 2.24) is 19.4 Å². The Labute approximate surface area is 121 Å². The molecule has 0 bridgehead atoms. The van der Waals surface area contributed by atoms with Crippen molar-refractivity contribution >= 4 is 5.91 Å².